The van der Waals surface area contributed by atoms with Crippen LogP contribution in [0.2, 0.25) is 0 Å². The summed E-state index contributed by atoms with van der Waals surface area (Å²) in [5, 5.41) is 6.56. The molecule has 0 spiro atoms. The molecule has 1 aromatic rings. The average Bonchev–Trinajstić information content (AvgIpc) is 2.86. The van der Waals surface area contributed by atoms with Gasteiger partial charge in [0.15, 0.2) is 0 Å². The van der Waals surface area contributed by atoms with Crippen LogP contribution >= 0.6 is 11.3 Å². The molecule has 4 heteroatoms. The summed E-state index contributed by atoms with van der Waals surface area (Å²) < 4.78 is 0. The minimum absolute atomic E-state index is 0.761. The Morgan fingerprint density at radius 2 is 2.11 bits per heavy atom. The highest BCUT2D eigenvalue weighted by molar-refractivity contribution is 7.09. The van der Waals surface area contributed by atoms with Crippen molar-refractivity contribution in [1.29, 1.82) is 0 Å². The first kappa shape index (κ1) is 14.9. The SMILES string of the molecule is CCC1CCC(N(C)Cc2csc(CNC)n2)CC1. The quantitative estimate of drug-likeness (QED) is 0.867. The average molecular weight is 281 g/mol. The maximum atomic E-state index is 4.68. The summed E-state index contributed by atoms with van der Waals surface area (Å²) in [6, 6.07) is 0.761. The van der Waals surface area contributed by atoms with E-state index in [0.717, 1.165) is 25.0 Å². The maximum Gasteiger partial charge on any atom is 0.107 e. The second-order valence-electron chi connectivity index (χ2n) is 5.76. The molecule has 1 aliphatic carbocycles. The first-order valence-electron chi connectivity index (χ1n) is 7.51. The van der Waals surface area contributed by atoms with Crippen LogP contribution in [-0.4, -0.2) is 30.0 Å². The monoisotopic (exact) mass is 281 g/mol. The van der Waals surface area contributed by atoms with Crippen molar-refractivity contribution in [1.82, 2.24) is 15.2 Å². The van der Waals surface area contributed by atoms with Gasteiger partial charge in [0.05, 0.1) is 5.69 Å². The van der Waals surface area contributed by atoms with Gasteiger partial charge in [-0.25, -0.2) is 4.98 Å². The van der Waals surface area contributed by atoms with Crippen LogP contribution in [0.15, 0.2) is 5.38 Å². The maximum absolute atomic E-state index is 4.68. The molecule has 3 nitrogen and oxygen atoms in total. The summed E-state index contributed by atoms with van der Waals surface area (Å²) in [6.07, 6.45) is 6.90. The third kappa shape index (κ3) is 4.26. The Morgan fingerprint density at radius 3 is 2.74 bits per heavy atom. The van der Waals surface area contributed by atoms with Crippen LogP contribution in [0.5, 0.6) is 0 Å². The van der Waals surface area contributed by atoms with Gasteiger partial charge in [-0.15, -0.1) is 11.3 Å². The Bertz CT molecular complexity index is 369. The molecule has 0 unspecified atom stereocenters. The van der Waals surface area contributed by atoms with E-state index in [-0.39, 0.29) is 0 Å². The van der Waals surface area contributed by atoms with E-state index in [0.29, 0.717) is 0 Å². The van der Waals surface area contributed by atoms with E-state index in [1.807, 2.05) is 7.05 Å². The second-order valence-corrected chi connectivity index (χ2v) is 6.70. The summed E-state index contributed by atoms with van der Waals surface area (Å²) in [4.78, 5) is 7.18. The lowest BCUT2D eigenvalue weighted by Crippen LogP contribution is -2.34. The first-order valence-corrected chi connectivity index (χ1v) is 8.39. The number of hydrogen-bond acceptors (Lipinski definition) is 4. The molecule has 2 rings (SSSR count). The fraction of sp³-hybridized carbons (Fsp3) is 0.800. The highest BCUT2D eigenvalue weighted by Crippen LogP contribution is 2.29. The highest BCUT2D eigenvalue weighted by atomic mass is 32.1. The van der Waals surface area contributed by atoms with E-state index < -0.39 is 0 Å². The zero-order valence-electron chi connectivity index (χ0n) is 12.5. The van der Waals surface area contributed by atoms with Gasteiger partial charge in [-0.2, -0.15) is 0 Å². The van der Waals surface area contributed by atoms with Crippen LogP contribution < -0.4 is 5.32 Å². The molecular weight excluding hydrogens is 254 g/mol. The predicted molar refractivity (Wildman–Crippen MR) is 82.4 cm³/mol. The lowest BCUT2D eigenvalue weighted by atomic mass is 9.84. The molecule has 19 heavy (non-hydrogen) atoms. The van der Waals surface area contributed by atoms with Gasteiger partial charge in [-0.3, -0.25) is 4.90 Å². The number of nitrogens with one attached hydrogen (secondary N) is 1. The van der Waals surface area contributed by atoms with Gasteiger partial charge in [0.25, 0.3) is 0 Å². The van der Waals surface area contributed by atoms with Crippen LogP contribution in [0.3, 0.4) is 0 Å². The Balaban J connectivity index is 1.81. The molecule has 0 radical (unpaired) electrons. The molecule has 1 aliphatic rings. The number of nitrogens with zero attached hydrogens (tertiary/aromatic N) is 2. The number of hydrogen-bond donors (Lipinski definition) is 1. The van der Waals surface area contributed by atoms with Gasteiger partial charge >= 0.3 is 0 Å². The summed E-state index contributed by atoms with van der Waals surface area (Å²) in [7, 11) is 4.23. The standard InChI is InChI=1S/C15H27N3S/c1-4-12-5-7-14(8-6-12)18(3)10-13-11-19-15(17-13)9-16-2/h11-12,14,16H,4-10H2,1-3H3. The minimum Gasteiger partial charge on any atom is -0.314 e. The molecule has 1 fully saturated rings. The molecule has 0 aromatic carbocycles. The number of aromatic nitrogens is 1. The molecule has 108 valence electrons. The molecule has 0 bridgehead atoms. The molecule has 0 amide bonds. The molecule has 0 atom stereocenters. The third-order valence-electron chi connectivity index (χ3n) is 4.36. The Kier molecular flexibility index (Phi) is 5.79. The molecule has 0 aliphatic heterocycles. The molecule has 1 heterocycles. The van der Waals surface area contributed by atoms with Crippen molar-refractivity contribution >= 4 is 11.3 Å². The molecule has 1 aromatic heterocycles. The lowest BCUT2D eigenvalue weighted by molar-refractivity contribution is 0.156. The lowest BCUT2D eigenvalue weighted by Gasteiger charge is -2.34. The zero-order chi connectivity index (χ0) is 13.7. The van der Waals surface area contributed by atoms with Crippen molar-refractivity contribution in [2.45, 2.75) is 58.2 Å². The molecule has 0 saturated heterocycles. The fourth-order valence-corrected chi connectivity index (χ4v) is 3.83. The Morgan fingerprint density at radius 1 is 1.37 bits per heavy atom. The summed E-state index contributed by atoms with van der Waals surface area (Å²) in [5.74, 6) is 0.978. The van der Waals surface area contributed by atoms with Crippen molar-refractivity contribution in [2.75, 3.05) is 14.1 Å². The summed E-state index contributed by atoms with van der Waals surface area (Å²) in [6.45, 7) is 4.21. The van der Waals surface area contributed by atoms with E-state index in [4.69, 9.17) is 0 Å². The van der Waals surface area contributed by atoms with E-state index in [2.05, 4.69) is 34.6 Å². The Labute approximate surface area is 121 Å². The predicted octanol–water partition coefficient (Wildman–Crippen LogP) is 3.26. The van der Waals surface area contributed by atoms with Crippen molar-refractivity contribution in [3.63, 3.8) is 0 Å². The van der Waals surface area contributed by atoms with Crippen molar-refractivity contribution in [3.8, 4) is 0 Å². The van der Waals surface area contributed by atoms with E-state index in [1.54, 1.807) is 11.3 Å². The summed E-state index contributed by atoms with van der Waals surface area (Å²) >= 11 is 1.77. The van der Waals surface area contributed by atoms with E-state index in [1.165, 1.54) is 42.8 Å². The smallest absolute Gasteiger partial charge is 0.107 e. The van der Waals surface area contributed by atoms with Gasteiger partial charge in [-0.05, 0) is 45.7 Å². The molecule has 1 saturated carbocycles. The van der Waals surface area contributed by atoms with Crippen molar-refractivity contribution < 1.29 is 0 Å². The van der Waals surface area contributed by atoms with Crippen molar-refractivity contribution in [3.05, 3.63) is 16.1 Å². The minimum atomic E-state index is 0.761. The van der Waals surface area contributed by atoms with Crippen LogP contribution in [0.25, 0.3) is 0 Å². The van der Waals surface area contributed by atoms with E-state index in [9.17, 15) is 0 Å². The van der Waals surface area contributed by atoms with Gasteiger partial charge < -0.3 is 5.32 Å². The highest BCUT2D eigenvalue weighted by Gasteiger charge is 2.23. The number of rotatable bonds is 6. The molecular formula is C15H27N3S. The van der Waals surface area contributed by atoms with Gasteiger partial charge in [0.2, 0.25) is 0 Å². The fourth-order valence-electron chi connectivity index (χ4n) is 3.03. The van der Waals surface area contributed by atoms with Crippen LogP contribution in [0, 0.1) is 5.92 Å². The van der Waals surface area contributed by atoms with Crippen molar-refractivity contribution in [2.24, 2.45) is 5.92 Å². The number of thiazole rings is 1. The second kappa shape index (κ2) is 7.36. The molecule has 1 N–H and O–H groups in total. The van der Waals surface area contributed by atoms with E-state index >= 15 is 0 Å². The van der Waals surface area contributed by atoms with Gasteiger partial charge in [0, 0.05) is 24.5 Å². The Hall–Kier alpha value is -0.450. The largest absolute Gasteiger partial charge is 0.314 e. The van der Waals surface area contributed by atoms with Crippen LogP contribution in [-0.2, 0) is 13.1 Å². The summed E-state index contributed by atoms with van der Waals surface area (Å²) in [5.41, 5.74) is 1.23. The van der Waals surface area contributed by atoms with Gasteiger partial charge in [-0.1, -0.05) is 13.3 Å². The first-order chi connectivity index (χ1) is 9.22. The zero-order valence-corrected chi connectivity index (χ0v) is 13.3. The normalized spacial score (nSPS) is 24.0. The van der Waals surface area contributed by atoms with Crippen LogP contribution in [0.1, 0.15) is 49.7 Å². The topological polar surface area (TPSA) is 28.2 Å². The van der Waals surface area contributed by atoms with Gasteiger partial charge in [0.1, 0.15) is 5.01 Å². The third-order valence-corrected chi connectivity index (χ3v) is 5.25. The van der Waals surface area contributed by atoms with Crippen LogP contribution in [0.4, 0.5) is 0 Å².